The number of aromatic nitrogens is 1. The van der Waals surface area contributed by atoms with Crippen LogP contribution in [0, 0.1) is 0 Å². The van der Waals surface area contributed by atoms with Gasteiger partial charge in [0.15, 0.2) is 0 Å². The number of hydrogen-bond donors (Lipinski definition) is 3. The third kappa shape index (κ3) is 2.60. The van der Waals surface area contributed by atoms with Gasteiger partial charge in [0.25, 0.3) is 5.91 Å². The van der Waals surface area contributed by atoms with E-state index in [-0.39, 0.29) is 11.7 Å². The van der Waals surface area contributed by atoms with E-state index in [1.165, 1.54) is 7.11 Å². The molecule has 0 saturated carbocycles. The number of carbonyl (C=O) groups is 2. The standard InChI is InChI=1S/C20H18N2O4/c1-26-19(25)20(10-12-4-2-3-5-13(12)11-20)22-18(24)17-9-14-8-15(23)6-7-16(14)21-17/h2-9,21,23H,10-11H2,1H3,(H,22,24). The van der Waals surface area contributed by atoms with Crippen molar-refractivity contribution in [2.45, 2.75) is 18.4 Å². The zero-order chi connectivity index (χ0) is 18.3. The van der Waals surface area contributed by atoms with Crippen molar-refractivity contribution < 1.29 is 19.4 Å². The Balaban J connectivity index is 1.66. The predicted molar refractivity (Wildman–Crippen MR) is 96.0 cm³/mol. The van der Waals surface area contributed by atoms with E-state index in [2.05, 4.69) is 10.3 Å². The van der Waals surface area contributed by atoms with Crippen molar-refractivity contribution in [1.29, 1.82) is 0 Å². The fourth-order valence-electron chi connectivity index (χ4n) is 3.62. The quantitative estimate of drug-likeness (QED) is 0.632. The molecule has 0 bridgehead atoms. The highest BCUT2D eigenvalue weighted by Gasteiger charge is 2.46. The molecule has 0 unspecified atom stereocenters. The van der Waals surface area contributed by atoms with Crippen molar-refractivity contribution in [3.05, 3.63) is 65.4 Å². The Bertz CT molecular complexity index is 997. The zero-order valence-corrected chi connectivity index (χ0v) is 14.2. The molecule has 6 nitrogen and oxygen atoms in total. The van der Waals surface area contributed by atoms with Crippen LogP contribution < -0.4 is 5.32 Å². The van der Waals surface area contributed by atoms with Crippen molar-refractivity contribution >= 4 is 22.8 Å². The number of phenols is 1. The van der Waals surface area contributed by atoms with Crippen molar-refractivity contribution in [3.63, 3.8) is 0 Å². The number of aromatic hydroxyl groups is 1. The molecule has 26 heavy (non-hydrogen) atoms. The van der Waals surface area contributed by atoms with Crippen LogP contribution in [0.2, 0.25) is 0 Å². The fraction of sp³-hybridized carbons (Fsp3) is 0.200. The number of phenolic OH excluding ortho intramolecular Hbond substituents is 1. The summed E-state index contributed by atoms with van der Waals surface area (Å²) in [6.45, 7) is 0. The zero-order valence-electron chi connectivity index (χ0n) is 14.2. The first kappa shape index (κ1) is 16.2. The summed E-state index contributed by atoms with van der Waals surface area (Å²) >= 11 is 0. The van der Waals surface area contributed by atoms with Gasteiger partial charge >= 0.3 is 5.97 Å². The Hall–Kier alpha value is -3.28. The third-order valence-electron chi connectivity index (χ3n) is 4.88. The molecule has 0 fully saturated rings. The van der Waals surface area contributed by atoms with Gasteiger partial charge in [0.2, 0.25) is 0 Å². The van der Waals surface area contributed by atoms with Crippen molar-refractivity contribution in [3.8, 4) is 5.75 Å². The van der Waals surface area contributed by atoms with E-state index < -0.39 is 11.5 Å². The highest BCUT2D eigenvalue weighted by Crippen LogP contribution is 2.31. The lowest BCUT2D eigenvalue weighted by Crippen LogP contribution is -2.56. The SMILES string of the molecule is COC(=O)C1(NC(=O)c2cc3cc(O)ccc3[nH]2)Cc2ccccc2C1. The second kappa shape index (κ2) is 5.91. The Kier molecular flexibility index (Phi) is 3.68. The summed E-state index contributed by atoms with van der Waals surface area (Å²) < 4.78 is 4.98. The average Bonchev–Trinajstić information content (AvgIpc) is 3.22. The first-order valence-electron chi connectivity index (χ1n) is 8.30. The lowest BCUT2D eigenvalue weighted by atomic mass is 9.95. The molecule has 1 amide bonds. The second-order valence-corrected chi connectivity index (χ2v) is 6.60. The second-order valence-electron chi connectivity index (χ2n) is 6.60. The van der Waals surface area contributed by atoms with E-state index in [0.29, 0.717) is 18.5 Å². The number of rotatable bonds is 3. The summed E-state index contributed by atoms with van der Waals surface area (Å²) in [5.74, 6) is -0.726. The van der Waals surface area contributed by atoms with E-state index in [4.69, 9.17) is 4.74 Å². The van der Waals surface area contributed by atoms with E-state index in [1.54, 1.807) is 24.3 Å². The minimum absolute atomic E-state index is 0.126. The molecular formula is C20H18N2O4. The van der Waals surface area contributed by atoms with Gasteiger partial charge in [-0.05, 0) is 35.4 Å². The molecule has 6 heteroatoms. The van der Waals surface area contributed by atoms with Gasteiger partial charge in [0.1, 0.15) is 17.0 Å². The van der Waals surface area contributed by atoms with Gasteiger partial charge in [0, 0.05) is 23.7 Å². The van der Waals surface area contributed by atoms with Gasteiger partial charge in [-0.3, -0.25) is 4.79 Å². The van der Waals surface area contributed by atoms with Crippen LogP contribution >= 0.6 is 0 Å². The van der Waals surface area contributed by atoms with Crippen LogP contribution in [-0.2, 0) is 22.4 Å². The van der Waals surface area contributed by atoms with Crippen LogP contribution in [-0.4, -0.2) is 34.6 Å². The van der Waals surface area contributed by atoms with Gasteiger partial charge in [-0.15, -0.1) is 0 Å². The van der Waals surface area contributed by atoms with E-state index >= 15 is 0 Å². The molecule has 132 valence electrons. The lowest BCUT2D eigenvalue weighted by molar-refractivity contribution is -0.147. The maximum Gasteiger partial charge on any atom is 0.332 e. The van der Waals surface area contributed by atoms with Crippen molar-refractivity contribution in [2.24, 2.45) is 0 Å². The largest absolute Gasteiger partial charge is 0.508 e. The first-order chi connectivity index (χ1) is 12.5. The molecule has 3 N–H and O–H groups in total. The highest BCUT2D eigenvalue weighted by atomic mass is 16.5. The number of carbonyl (C=O) groups excluding carboxylic acids is 2. The van der Waals surface area contributed by atoms with Gasteiger partial charge < -0.3 is 20.1 Å². The molecular weight excluding hydrogens is 332 g/mol. The molecule has 4 rings (SSSR count). The molecule has 1 aliphatic carbocycles. The number of fused-ring (bicyclic) bond motifs is 2. The number of amides is 1. The molecule has 0 radical (unpaired) electrons. The van der Waals surface area contributed by atoms with E-state index in [0.717, 1.165) is 22.0 Å². The number of methoxy groups -OCH3 is 1. The summed E-state index contributed by atoms with van der Waals surface area (Å²) in [6.07, 6.45) is 0.783. The Morgan fingerprint density at radius 3 is 2.46 bits per heavy atom. The minimum Gasteiger partial charge on any atom is -0.508 e. The van der Waals surface area contributed by atoms with Crippen LogP contribution in [0.25, 0.3) is 10.9 Å². The number of benzene rings is 2. The maximum absolute atomic E-state index is 12.8. The van der Waals surface area contributed by atoms with Crippen LogP contribution in [0.3, 0.4) is 0 Å². The van der Waals surface area contributed by atoms with Crippen LogP contribution in [0.1, 0.15) is 21.6 Å². The molecule has 1 aliphatic rings. The summed E-state index contributed by atoms with van der Waals surface area (Å²) in [6, 6.07) is 14.2. The van der Waals surface area contributed by atoms with Crippen molar-refractivity contribution in [2.75, 3.05) is 7.11 Å². The predicted octanol–water partition coefficient (Wildman–Crippen LogP) is 2.31. The monoisotopic (exact) mass is 350 g/mol. The summed E-state index contributed by atoms with van der Waals surface area (Å²) in [5, 5.41) is 13.2. The Labute approximate surface area is 149 Å². The summed E-state index contributed by atoms with van der Waals surface area (Å²) in [5.41, 5.74) is 1.99. The molecule has 2 aromatic carbocycles. The average molecular weight is 350 g/mol. The number of esters is 1. The minimum atomic E-state index is -1.12. The van der Waals surface area contributed by atoms with Crippen LogP contribution in [0.15, 0.2) is 48.5 Å². The first-order valence-corrected chi connectivity index (χ1v) is 8.30. The Morgan fingerprint density at radius 1 is 1.12 bits per heavy atom. The number of hydrogen-bond acceptors (Lipinski definition) is 4. The van der Waals surface area contributed by atoms with Gasteiger partial charge in [-0.1, -0.05) is 24.3 Å². The maximum atomic E-state index is 12.8. The normalized spacial score (nSPS) is 14.8. The fourth-order valence-corrected chi connectivity index (χ4v) is 3.62. The number of aromatic amines is 1. The van der Waals surface area contributed by atoms with Gasteiger partial charge in [-0.25, -0.2) is 4.79 Å². The number of nitrogens with one attached hydrogen (secondary N) is 2. The molecule has 1 heterocycles. The van der Waals surface area contributed by atoms with E-state index in [1.807, 2.05) is 24.3 Å². The summed E-state index contributed by atoms with van der Waals surface area (Å²) in [7, 11) is 1.32. The van der Waals surface area contributed by atoms with Crippen LogP contribution in [0.5, 0.6) is 5.75 Å². The molecule has 0 aliphatic heterocycles. The topological polar surface area (TPSA) is 91.4 Å². The molecule has 0 spiro atoms. The number of H-pyrrole nitrogens is 1. The third-order valence-corrected chi connectivity index (χ3v) is 4.88. The molecule has 0 saturated heterocycles. The van der Waals surface area contributed by atoms with Crippen molar-refractivity contribution in [1.82, 2.24) is 10.3 Å². The molecule has 1 aromatic heterocycles. The van der Waals surface area contributed by atoms with Gasteiger partial charge in [-0.2, -0.15) is 0 Å². The lowest BCUT2D eigenvalue weighted by Gasteiger charge is -2.27. The van der Waals surface area contributed by atoms with E-state index in [9.17, 15) is 14.7 Å². The summed E-state index contributed by atoms with van der Waals surface area (Å²) in [4.78, 5) is 28.3. The van der Waals surface area contributed by atoms with Crippen LogP contribution in [0.4, 0.5) is 0 Å². The molecule has 0 atom stereocenters. The highest BCUT2D eigenvalue weighted by molar-refractivity contribution is 6.01. The Morgan fingerprint density at radius 2 is 1.81 bits per heavy atom. The smallest absolute Gasteiger partial charge is 0.332 e. The number of ether oxygens (including phenoxy) is 1. The molecule has 3 aromatic rings. The van der Waals surface area contributed by atoms with Gasteiger partial charge in [0.05, 0.1) is 7.11 Å².